The molecule has 1 atom stereocenters. The SMILES string of the molecule is CN1CC(C2CC2)Cc2cc(-c3cnn(C)c3)ccc21. The van der Waals surface area contributed by atoms with Gasteiger partial charge in [-0.05, 0) is 54.4 Å². The van der Waals surface area contributed by atoms with E-state index in [1.807, 2.05) is 17.9 Å². The molecule has 0 radical (unpaired) electrons. The van der Waals surface area contributed by atoms with Crippen LogP contribution in [0.5, 0.6) is 0 Å². The number of fused-ring (bicyclic) bond motifs is 1. The van der Waals surface area contributed by atoms with Crippen LogP contribution in [-0.4, -0.2) is 23.4 Å². The van der Waals surface area contributed by atoms with Gasteiger partial charge in [-0.25, -0.2) is 0 Å². The Labute approximate surface area is 120 Å². The van der Waals surface area contributed by atoms with E-state index in [0.29, 0.717) is 0 Å². The third-order valence-corrected chi connectivity index (χ3v) is 4.81. The smallest absolute Gasteiger partial charge is 0.0568 e. The average Bonchev–Trinajstić information content (AvgIpc) is 3.20. The highest BCUT2D eigenvalue weighted by molar-refractivity contribution is 5.68. The molecule has 0 spiro atoms. The number of hydrogen-bond acceptors (Lipinski definition) is 2. The zero-order valence-corrected chi connectivity index (χ0v) is 12.2. The van der Waals surface area contributed by atoms with E-state index >= 15 is 0 Å². The van der Waals surface area contributed by atoms with Crippen molar-refractivity contribution in [3.63, 3.8) is 0 Å². The number of aryl methyl sites for hydroxylation is 1. The zero-order chi connectivity index (χ0) is 13.7. The van der Waals surface area contributed by atoms with Gasteiger partial charge in [0.15, 0.2) is 0 Å². The van der Waals surface area contributed by atoms with Gasteiger partial charge in [-0.15, -0.1) is 0 Å². The summed E-state index contributed by atoms with van der Waals surface area (Å²) in [7, 11) is 4.20. The van der Waals surface area contributed by atoms with Gasteiger partial charge in [-0.1, -0.05) is 6.07 Å². The molecule has 3 heteroatoms. The van der Waals surface area contributed by atoms with Crippen LogP contribution in [0.2, 0.25) is 0 Å². The summed E-state index contributed by atoms with van der Waals surface area (Å²) in [6.07, 6.45) is 8.17. The van der Waals surface area contributed by atoms with Crippen LogP contribution < -0.4 is 4.90 Å². The van der Waals surface area contributed by atoms with Crippen molar-refractivity contribution in [3.8, 4) is 11.1 Å². The van der Waals surface area contributed by atoms with Gasteiger partial charge in [-0.2, -0.15) is 5.10 Å². The molecular formula is C17H21N3. The molecule has 104 valence electrons. The summed E-state index contributed by atoms with van der Waals surface area (Å²) < 4.78 is 1.87. The number of nitrogens with zero attached hydrogens (tertiary/aromatic N) is 3. The fourth-order valence-corrected chi connectivity index (χ4v) is 3.55. The number of aromatic nitrogens is 2. The first-order chi connectivity index (χ1) is 9.70. The van der Waals surface area contributed by atoms with Crippen LogP contribution in [0.4, 0.5) is 5.69 Å². The summed E-state index contributed by atoms with van der Waals surface area (Å²) in [5.41, 5.74) is 5.43. The second-order valence-corrected chi connectivity index (χ2v) is 6.43. The van der Waals surface area contributed by atoms with E-state index in [4.69, 9.17) is 0 Å². The van der Waals surface area contributed by atoms with E-state index in [-0.39, 0.29) is 0 Å². The summed E-state index contributed by atoms with van der Waals surface area (Å²) in [6.45, 7) is 1.23. The lowest BCUT2D eigenvalue weighted by molar-refractivity contribution is 0.446. The van der Waals surface area contributed by atoms with Crippen LogP contribution in [0.3, 0.4) is 0 Å². The molecule has 3 nitrogen and oxygen atoms in total. The van der Waals surface area contributed by atoms with Gasteiger partial charge in [0.25, 0.3) is 0 Å². The molecule has 1 saturated carbocycles. The normalized spacial score (nSPS) is 21.9. The van der Waals surface area contributed by atoms with Gasteiger partial charge >= 0.3 is 0 Å². The van der Waals surface area contributed by atoms with E-state index < -0.39 is 0 Å². The Kier molecular flexibility index (Phi) is 2.62. The molecule has 1 fully saturated rings. The third-order valence-electron chi connectivity index (χ3n) is 4.81. The first-order valence-corrected chi connectivity index (χ1v) is 7.54. The van der Waals surface area contributed by atoms with Crippen molar-refractivity contribution in [1.82, 2.24) is 9.78 Å². The van der Waals surface area contributed by atoms with Gasteiger partial charge in [0.05, 0.1) is 6.20 Å². The molecule has 1 aromatic carbocycles. The first kappa shape index (κ1) is 12.0. The molecule has 2 aromatic rings. The molecule has 0 N–H and O–H groups in total. The number of anilines is 1. The molecule has 20 heavy (non-hydrogen) atoms. The molecule has 0 bridgehead atoms. The van der Waals surface area contributed by atoms with Gasteiger partial charge < -0.3 is 4.90 Å². The van der Waals surface area contributed by atoms with Crippen LogP contribution in [0, 0.1) is 11.8 Å². The van der Waals surface area contributed by atoms with Crippen molar-refractivity contribution >= 4 is 5.69 Å². The Morgan fingerprint density at radius 3 is 2.65 bits per heavy atom. The fourth-order valence-electron chi connectivity index (χ4n) is 3.55. The van der Waals surface area contributed by atoms with Crippen LogP contribution in [-0.2, 0) is 13.5 Å². The van der Waals surface area contributed by atoms with Crippen molar-refractivity contribution < 1.29 is 0 Å². The van der Waals surface area contributed by atoms with Crippen LogP contribution >= 0.6 is 0 Å². The van der Waals surface area contributed by atoms with Gasteiger partial charge in [0.1, 0.15) is 0 Å². The van der Waals surface area contributed by atoms with Crippen LogP contribution in [0.1, 0.15) is 18.4 Å². The van der Waals surface area contributed by atoms with E-state index in [1.54, 1.807) is 0 Å². The summed E-state index contributed by atoms with van der Waals surface area (Å²) in [5.74, 6) is 1.84. The number of benzene rings is 1. The van der Waals surface area contributed by atoms with Crippen molar-refractivity contribution in [1.29, 1.82) is 0 Å². The van der Waals surface area contributed by atoms with Crippen LogP contribution in [0.15, 0.2) is 30.6 Å². The molecule has 1 aliphatic carbocycles. The van der Waals surface area contributed by atoms with Gasteiger partial charge in [0, 0.05) is 38.1 Å². The van der Waals surface area contributed by atoms with Crippen LogP contribution in [0.25, 0.3) is 11.1 Å². The zero-order valence-electron chi connectivity index (χ0n) is 12.2. The molecule has 4 rings (SSSR count). The molecule has 2 aliphatic rings. The Morgan fingerprint density at radius 2 is 1.95 bits per heavy atom. The Hall–Kier alpha value is -1.77. The second-order valence-electron chi connectivity index (χ2n) is 6.43. The molecule has 0 saturated heterocycles. The fraction of sp³-hybridized carbons (Fsp3) is 0.471. The predicted molar refractivity (Wildman–Crippen MR) is 81.8 cm³/mol. The third kappa shape index (κ3) is 2.01. The second kappa shape index (κ2) is 4.37. The molecule has 2 heterocycles. The molecule has 0 amide bonds. The average molecular weight is 267 g/mol. The maximum absolute atomic E-state index is 4.28. The van der Waals surface area contributed by atoms with Crippen molar-refractivity contribution in [2.24, 2.45) is 18.9 Å². The Balaban J connectivity index is 1.70. The Bertz CT molecular complexity index is 639. The first-order valence-electron chi connectivity index (χ1n) is 7.54. The molecule has 1 aromatic heterocycles. The van der Waals surface area contributed by atoms with Crippen molar-refractivity contribution in [2.75, 3.05) is 18.5 Å². The minimum atomic E-state index is 0.858. The maximum atomic E-state index is 4.28. The summed E-state index contributed by atoms with van der Waals surface area (Å²) in [4.78, 5) is 2.44. The topological polar surface area (TPSA) is 21.1 Å². The lowest BCUT2D eigenvalue weighted by Crippen LogP contribution is -2.33. The van der Waals surface area contributed by atoms with E-state index in [9.17, 15) is 0 Å². The predicted octanol–water partition coefficient (Wildman–Crippen LogP) is 3.11. The number of hydrogen-bond donors (Lipinski definition) is 0. The maximum Gasteiger partial charge on any atom is 0.0568 e. The highest BCUT2D eigenvalue weighted by atomic mass is 15.2. The summed E-state index contributed by atoms with van der Waals surface area (Å²) in [6, 6.07) is 6.88. The minimum Gasteiger partial charge on any atom is -0.374 e. The van der Waals surface area contributed by atoms with E-state index in [2.05, 4.69) is 41.4 Å². The summed E-state index contributed by atoms with van der Waals surface area (Å²) >= 11 is 0. The molecule has 1 unspecified atom stereocenters. The van der Waals surface area contributed by atoms with Crippen molar-refractivity contribution in [2.45, 2.75) is 19.3 Å². The Morgan fingerprint density at radius 1 is 1.10 bits per heavy atom. The van der Waals surface area contributed by atoms with E-state index in [1.165, 1.54) is 48.2 Å². The molecular weight excluding hydrogens is 246 g/mol. The lowest BCUT2D eigenvalue weighted by atomic mass is 9.88. The monoisotopic (exact) mass is 267 g/mol. The highest BCUT2D eigenvalue weighted by Crippen LogP contribution is 2.43. The number of rotatable bonds is 2. The summed E-state index contributed by atoms with van der Waals surface area (Å²) in [5, 5.41) is 4.28. The highest BCUT2D eigenvalue weighted by Gasteiger charge is 2.35. The largest absolute Gasteiger partial charge is 0.374 e. The standard InChI is InChI=1S/C17H21N3/c1-19-10-15(12-3-4-12)8-14-7-13(5-6-17(14)19)16-9-18-20(2)11-16/h5-7,9,11-12,15H,3-4,8,10H2,1-2H3. The van der Waals surface area contributed by atoms with Crippen molar-refractivity contribution in [3.05, 3.63) is 36.2 Å². The molecule has 1 aliphatic heterocycles. The van der Waals surface area contributed by atoms with Gasteiger partial charge in [-0.3, -0.25) is 4.68 Å². The minimum absolute atomic E-state index is 0.858. The van der Waals surface area contributed by atoms with E-state index in [0.717, 1.165) is 11.8 Å². The van der Waals surface area contributed by atoms with Gasteiger partial charge in [0.2, 0.25) is 0 Å². The quantitative estimate of drug-likeness (QED) is 0.833. The lowest BCUT2D eigenvalue weighted by Gasteiger charge is -2.34.